The molecule has 1 aliphatic carbocycles. The lowest BCUT2D eigenvalue weighted by atomic mass is 10.0. The van der Waals surface area contributed by atoms with E-state index in [1.165, 1.54) is 11.3 Å². The summed E-state index contributed by atoms with van der Waals surface area (Å²) >= 11 is 0. The van der Waals surface area contributed by atoms with E-state index < -0.39 is 5.97 Å². The predicted molar refractivity (Wildman–Crippen MR) is 137 cm³/mol. The predicted octanol–water partition coefficient (Wildman–Crippen LogP) is 4.93. The zero-order chi connectivity index (χ0) is 25.4. The number of allylic oxidation sites excluding steroid dienone is 3. The Kier molecular flexibility index (Phi) is 6.31. The Morgan fingerprint density at radius 3 is 2.64 bits per heavy atom. The lowest BCUT2D eigenvalue weighted by Crippen LogP contribution is -2.40. The molecule has 0 radical (unpaired) electrons. The van der Waals surface area contributed by atoms with Crippen molar-refractivity contribution in [2.75, 3.05) is 20.2 Å². The molecule has 5 rings (SSSR count). The Hall–Kier alpha value is -4.00. The molecule has 0 fully saturated rings. The van der Waals surface area contributed by atoms with Crippen molar-refractivity contribution in [1.82, 2.24) is 9.47 Å². The quantitative estimate of drug-likeness (QED) is 0.532. The number of rotatable bonds is 6. The lowest BCUT2D eigenvalue weighted by molar-refractivity contribution is -0.136. The van der Waals surface area contributed by atoms with Crippen molar-refractivity contribution in [3.05, 3.63) is 88.5 Å². The first-order valence-corrected chi connectivity index (χ1v) is 12.2. The van der Waals surface area contributed by atoms with E-state index in [-0.39, 0.29) is 18.4 Å². The van der Waals surface area contributed by atoms with Gasteiger partial charge in [0, 0.05) is 23.7 Å². The fourth-order valence-corrected chi connectivity index (χ4v) is 5.04. The highest BCUT2D eigenvalue weighted by Gasteiger charge is 2.27. The monoisotopic (exact) mass is 486 g/mol. The molecule has 0 saturated carbocycles. The molecule has 7 nitrogen and oxygen atoms in total. The fraction of sp³-hybridized carbons (Fsp3) is 0.310. The number of carbonyl (C=O) groups excluding carboxylic acids is 1. The summed E-state index contributed by atoms with van der Waals surface area (Å²) in [6, 6.07) is 14.4. The average Bonchev–Trinajstić information content (AvgIpc) is 3.19. The van der Waals surface area contributed by atoms with Crippen LogP contribution in [0.15, 0.2) is 71.6 Å². The van der Waals surface area contributed by atoms with Crippen LogP contribution >= 0.6 is 0 Å². The molecule has 1 N–H and O–H groups in total. The van der Waals surface area contributed by atoms with Crippen LogP contribution in [0.25, 0.3) is 10.9 Å². The SMILES string of the molecule is CC1=CC2=C(CC1)N(C)C[C@@H](COc1ccc(C(=O)n3c(C)cc4c(CC(=O)O)cccc43)cc1)O2. The highest BCUT2D eigenvalue weighted by Crippen LogP contribution is 2.31. The lowest BCUT2D eigenvalue weighted by Gasteiger charge is -2.37. The number of carbonyl (C=O) groups is 2. The van der Waals surface area contributed by atoms with Gasteiger partial charge in [-0.25, -0.2) is 0 Å². The van der Waals surface area contributed by atoms with Crippen LogP contribution in [0.4, 0.5) is 0 Å². The molecule has 2 aliphatic rings. The van der Waals surface area contributed by atoms with Gasteiger partial charge in [-0.05, 0) is 74.7 Å². The number of benzene rings is 2. The third kappa shape index (κ3) is 4.61. The second-order valence-electron chi connectivity index (χ2n) is 9.60. The Labute approximate surface area is 210 Å². The molecule has 3 aromatic rings. The molecule has 0 amide bonds. The third-order valence-corrected chi connectivity index (χ3v) is 6.85. The van der Waals surface area contributed by atoms with Crippen LogP contribution in [0.3, 0.4) is 0 Å². The minimum atomic E-state index is -0.900. The molecule has 0 bridgehead atoms. The number of ether oxygens (including phenoxy) is 2. The average molecular weight is 487 g/mol. The van der Waals surface area contributed by atoms with Gasteiger partial charge in [0.05, 0.1) is 24.2 Å². The molecule has 186 valence electrons. The van der Waals surface area contributed by atoms with Crippen LogP contribution in [0.1, 0.15) is 41.4 Å². The second kappa shape index (κ2) is 9.57. The molecular formula is C29H30N2O5. The van der Waals surface area contributed by atoms with E-state index in [2.05, 4.69) is 24.9 Å². The molecule has 1 atom stereocenters. The highest BCUT2D eigenvalue weighted by atomic mass is 16.5. The van der Waals surface area contributed by atoms with Crippen molar-refractivity contribution in [2.45, 2.75) is 39.2 Å². The van der Waals surface area contributed by atoms with Gasteiger partial charge in [0.25, 0.3) is 5.91 Å². The number of carboxylic acids is 1. The van der Waals surface area contributed by atoms with Crippen LogP contribution in [0.5, 0.6) is 5.75 Å². The molecule has 1 aromatic heterocycles. The van der Waals surface area contributed by atoms with E-state index in [1.807, 2.05) is 19.1 Å². The minimum Gasteiger partial charge on any atom is -0.490 e. The van der Waals surface area contributed by atoms with Gasteiger partial charge in [0.15, 0.2) is 0 Å². The summed E-state index contributed by atoms with van der Waals surface area (Å²) in [6.07, 6.45) is 4.04. The number of carboxylic acid groups (broad SMARTS) is 1. The molecule has 1 aliphatic heterocycles. The number of aryl methyl sites for hydroxylation is 1. The van der Waals surface area contributed by atoms with Crippen molar-refractivity contribution >= 4 is 22.8 Å². The first-order chi connectivity index (χ1) is 17.3. The highest BCUT2D eigenvalue weighted by molar-refractivity contribution is 6.04. The van der Waals surface area contributed by atoms with Gasteiger partial charge in [-0.15, -0.1) is 0 Å². The van der Waals surface area contributed by atoms with Gasteiger partial charge in [-0.3, -0.25) is 14.2 Å². The summed E-state index contributed by atoms with van der Waals surface area (Å²) in [6.45, 7) is 5.16. The van der Waals surface area contributed by atoms with Gasteiger partial charge >= 0.3 is 5.97 Å². The van der Waals surface area contributed by atoms with Crippen molar-refractivity contribution in [1.29, 1.82) is 0 Å². The molecule has 2 aromatic carbocycles. The second-order valence-corrected chi connectivity index (χ2v) is 9.60. The fourth-order valence-electron chi connectivity index (χ4n) is 5.04. The van der Waals surface area contributed by atoms with E-state index >= 15 is 0 Å². The molecule has 2 heterocycles. The number of likely N-dealkylation sites (N-methyl/N-ethyl adjacent to an activating group) is 1. The summed E-state index contributed by atoms with van der Waals surface area (Å²) in [5.74, 6) is 0.550. The van der Waals surface area contributed by atoms with E-state index in [0.29, 0.717) is 29.0 Å². The smallest absolute Gasteiger partial charge is 0.307 e. The van der Waals surface area contributed by atoms with Crippen LogP contribution in [0, 0.1) is 6.92 Å². The number of aliphatic carboxylic acids is 1. The van der Waals surface area contributed by atoms with Gasteiger partial charge in [0.1, 0.15) is 24.2 Å². The molecular weight excluding hydrogens is 456 g/mol. The number of hydrogen-bond acceptors (Lipinski definition) is 5. The first kappa shape index (κ1) is 23.7. The van der Waals surface area contributed by atoms with Crippen molar-refractivity contribution in [2.24, 2.45) is 0 Å². The van der Waals surface area contributed by atoms with E-state index in [9.17, 15) is 14.7 Å². The van der Waals surface area contributed by atoms with Crippen molar-refractivity contribution < 1.29 is 24.2 Å². The normalized spacial score (nSPS) is 17.5. The standard InChI is InChI=1S/C29H30N2O5/c1-18-7-12-26-27(13-18)36-23(16-30(26)3)17-35-22-10-8-20(9-11-22)29(34)31-19(2)14-24-21(15-28(32)33)5-4-6-25(24)31/h4-6,8-11,13-14,23H,7,12,15-17H2,1-3H3,(H,32,33)/t23-/m0/s1. The zero-order valence-electron chi connectivity index (χ0n) is 20.8. The van der Waals surface area contributed by atoms with Crippen LogP contribution in [-0.2, 0) is 16.0 Å². The van der Waals surface area contributed by atoms with Gasteiger partial charge in [-0.1, -0.05) is 17.7 Å². The van der Waals surface area contributed by atoms with Crippen molar-refractivity contribution in [3.8, 4) is 5.75 Å². The maximum absolute atomic E-state index is 13.4. The van der Waals surface area contributed by atoms with Crippen molar-refractivity contribution in [3.63, 3.8) is 0 Å². The summed E-state index contributed by atoms with van der Waals surface area (Å²) in [7, 11) is 2.09. The van der Waals surface area contributed by atoms with Crippen LogP contribution in [0.2, 0.25) is 0 Å². The van der Waals surface area contributed by atoms with E-state index in [1.54, 1.807) is 41.0 Å². The summed E-state index contributed by atoms with van der Waals surface area (Å²) in [5.41, 5.74) is 5.26. The molecule has 0 spiro atoms. The molecule has 7 heteroatoms. The summed E-state index contributed by atoms with van der Waals surface area (Å²) < 4.78 is 13.8. The number of nitrogens with zero attached hydrogens (tertiary/aromatic N) is 2. The van der Waals surface area contributed by atoms with Gasteiger partial charge in [0.2, 0.25) is 0 Å². The zero-order valence-corrected chi connectivity index (χ0v) is 20.8. The Morgan fingerprint density at radius 2 is 1.89 bits per heavy atom. The van der Waals surface area contributed by atoms with Crippen LogP contribution < -0.4 is 4.74 Å². The Balaban J connectivity index is 1.28. The number of hydrogen-bond donors (Lipinski definition) is 1. The Bertz CT molecular complexity index is 1400. The van der Waals surface area contributed by atoms with Gasteiger partial charge < -0.3 is 19.5 Å². The van der Waals surface area contributed by atoms with E-state index in [0.717, 1.165) is 36.2 Å². The van der Waals surface area contributed by atoms with Gasteiger partial charge in [-0.2, -0.15) is 0 Å². The molecule has 0 saturated heterocycles. The van der Waals surface area contributed by atoms with E-state index in [4.69, 9.17) is 9.47 Å². The maximum Gasteiger partial charge on any atom is 0.307 e. The molecule has 36 heavy (non-hydrogen) atoms. The summed E-state index contributed by atoms with van der Waals surface area (Å²) in [5, 5.41) is 10.00. The van der Waals surface area contributed by atoms with Crippen LogP contribution in [-0.4, -0.2) is 52.8 Å². The first-order valence-electron chi connectivity index (χ1n) is 12.2. The maximum atomic E-state index is 13.4. The minimum absolute atomic E-state index is 0.0777. The molecule has 0 unspecified atom stereocenters. The third-order valence-electron chi connectivity index (χ3n) is 6.85. The number of fused-ring (bicyclic) bond motifs is 1. The topological polar surface area (TPSA) is 81.0 Å². The largest absolute Gasteiger partial charge is 0.490 e. The Morgan fingerprint density at radius 1 is 1.11 bits per heavy atom. The number of aromatic nitrogens is 1. The summed E-state index contributed by atoms with van der Waals surface area (Å²) in [4.78, 5) is 26.8.